The van der Waals surface area contributed by atoms with Crippen molar-refractivity contribution < 1.29 is 14.3 Å². The van der Waals surface area contributed by atoms with E-state index in [1.165, 1.54) is 12.8 Å². The predicted molar refractivity (Wildman–Crippen MR) is 118 cm³/mol. The van der Waals surface area contributed by atoms with Gasteiger partial charge < -0.3 is 19.7 Å². The lowest BCUT2D eigenvalue weighted by Crippen LogP contribution is -2.45. The molecule has 1 saturated heterocycles. The molecule has 2 unspecified atom stereocenters. The molecule has 1 aromatic carbocycles. The van der Waals surface area contributed by atoms with E-state index in [-0.39, 0.29) is 11.9 Å². The third-order valence-corrected chi connectivity index (χ3v) is 5.27. The van der Waals surface area contributed by atoms with Crippen LogP contribution in [0.3, 0.4) is 0 Å². The molecule has 1 aliphatic rings. The van der Waals surface area contributed by atoms with Gasteiger partial charge in [-0.2, -0.15) is 0 Å². The summed E-state index contributed by atoms with van der Waals surface area (Å²) in [6.07, 6.45) is 6.04. The van der Waals surface area contributed by atoms with Crippen LogP contribution < -0.4 is 14.8 Å². The second-order valence-corrected chi connectivity index (χ2v) is 8.13. The number of rotatable bonds is 9. The molecule has 2 heterocycles. The molecule has 6 heteroatoms. The first-order valence-electron chi connectivity index (χ1n) is 10.9. The van der Waals surface area contributed by atoms with Crippen LogP contribution >= 0.6 is 0 Å². The first-order valence-corrected chi connectivity index (χ1v) is 10.9. The van der Waals surface area contributed by atoms with Crippen molar-refractivity contribution in [3.63, 3.8) is 0 Å². The molecule has 0 radical (unpaired) electrons. The van der Waals surface area contributed by atoms with Crippen LogP contribution in [-0.4, -0.2) is 48.1 Å². The summed E-state index contributed by atoms with van der Waals surface area (Å²) in [6.45, 7) is 10.3. The van der Waals surface area contributed by atoms with Gasteiger partial charge in [0, 0.05) is 42.7 Å². The van der Waals surface area contributed by atoms with Crippen LogP contribution in [0.2, 0.25) is 0 Å². The topological polar surface area (TPSA) is 63.7 Å². The predicted octanol–water partition coefficient (Wildman–Crippen LogP) is 3.91. The summed E-state index contributed by atoms with van der Waals surface area (Å²) in [7, 11) is 0. The Balaban J connectivity index is 1.60. The molecular weight excluding hydrogens is 378 g/mol. The first-order chi connectivity index (χ1) is 14.5. The number of pyridine rings is 1. The highest BCUT2D eigenvalue weighted by molar-refractivity contribution is 5.95. The summed E-state index contributed by atoms with van der Waals surface area (Å²) in [5.41, 5.74) is 1.55. The van der Waals surface area contributed by atoms with Crippen molar-refractivity contribution in [2.75, 3.05) is 26.2 Å². The molecule has 2 atom stereocenters. The average molecular weight is 412 g/mol. The molecule has 0 bridgehead atoms. The Labute approximate surface area is 179 Å². The smallest absolute Gasteiger partial charge is 0.251 e. The molecular formula is C24H33N3O3. The Morgan fingerprint density at radius 1 is 1.30 bits per heavy atom. The average Bonchev–Trinajstić information content (AvgIpc) is 2.73. The van der Waals surface area contributed by atoms with Crippen LogP contribution in [0.25, 0.3) is 0 Å². The molecule has 0 aliphatic carbocycles. The van der Waals surface area contributed by atoms with Gasteiger partial charge in [-0.1, -0.05) is 13.0 Å². The minimum absolute atomic E-state index is 0.0832. The highest BCUT2D eigenvalue weighted by Crippen LogP contribution is 2.29. The summed E-state index contributed by atoms with van der Waals surface area (Å²) >= 11 is 0. The molecule has 30 heavy (non-hydrogen) atoms. The number of amides is 1. The van der Waals surface area contributed by atoms with Crippen LogP contribution in [-0.2, 0) is 6.61 Å². The number of likely N-dealkylation sites (tertiary alicyclic amines) is 1. The zero-order valence-corrected chi connectivity index (χ0v) is 18.3. The lowest BCUT2D eigenvalue weighted by Gasteiger charge is -2.32. The number of nitrogens with one attached hydrogen (secondary N) is 1. The molecule has 1 N–H and O–H groups in total. The van der Waals surface area contributed by atoms with E-state index in [0.29, 0.717) is 30.3 Å². The number of aromatic nitrogens is 1. The summed E-state index contributed by atoms with van der Waals surface area (Å²) in [6, 6.07) is 9.26. The van der Waals surface area contributed by atoms with E-state index < -0.39 is 0 Å². The fourth-order valence-corrected chi connectivity index (χ4v) is 3.87. The van der Waals surface area contributed by atoms with E-state index >= 15 is 0 Å². The van der Waals surface area contributed by atoms with E-state index in [2.05, 4.69) is 29.0 Å². The zero-order valence-electron chi connectivity index (χ0n) is 18.3. The van der Waals surface area contributed by atoms with Crippen molar-refractivity contribution in [3.8, 4) is 11.5 Å². The maximum absolute atomic E-state index is 12.8. The van der Waals surface area contributed by atoms with Crippen molar-refractivity contribution in [1.82, 2.24) is 15.2 Å². The van der Waals surface area contributed by atoms with Crippen LogP contribution in [0.15, 0.2) is 42.7 Å². The third-order valence-electron chi connectivity index (χ3n) is 5.27. The van der Waals surface area contributed by atoms with E-state index in [9.17, 15) is 4.79 Å². The van der Waals surface area contributed by atoms with Gasteiger partial charge in [0.2, 0.25) is 0 Å². The summed E-state index contributed by atoms with van der Waals surface area (Å²) in [5, 5.41) is 3.12. The van der Waals surface area contributed by atoms with Crippen LogP contribution in [0.4, 0.5) is 0 Å². The largest absolute Gasteiger partial charge is 0.490 e. The van der Waals surface area contributed by atoms with Crippen molar-refractivity contribution >= 4 is 5.91 Å². The van der Waals surface area contributed by atoms with Crippen LogP contribution in [0, 0.1) is 5.92 Å². The second kappa shape index (κ2) is 11.0. The molecule has 162 valence electrons. The van der Waals surface area contributed by atoms with Crippen molar-refractivity contribution in [1.29, 1.82) is 0 Å². The van der Waals surface area contributed by atoms with Gasteiger partial charge in [-0.25, -0.2) is 0 Å². The summed E-state index contributed by atoms with van der Waals surface area (Å²) in [4.78, 5) is 19.3. The number of nitrogens with zero attached hydrogens (tertiary/aromatic N) is 2. The van der Waals surface area contributed by atoms with E-state index in [1.54, 1.807) is 30.6 Å². The number of carbonyl (C=O) groups is 1. The van der Waals surface area contributed by atoms with Crippen LogP contribution in [0.1, 0.15) is 49.5 Å². The van der Waals surface area contributed by atoms with Gasteiger partial charge in [-0.3, -0.25) is 9.78 Å². The second-order valence-electron chi connectivity index (χ2n) is 8.13. The number of benzene rings is 1. The van der Waals surface area contributed by atoms with Crippen molar-refractivity contribution in [3.05, 3.63) is 53.9 Å². The lowest BCUT2D eigenvalue weighted by molar-refractivity contribution is 0.0919. The fraction of sp³-hybridized carbons (Fsp3) is 0.500. The Morgan fingerprint density at radius 2 is 2.17 bits per heavy atom. The van der Waals surface area contributed by atoms with E-state index in [0.717, 1.165) is 31.1 Å². The fourth-order valence-electron chi connectivity index (χ4n) is 3.87. The Bertz CT molecular complexity index is 813. The SMILES string of the molecule is CCOc1cc(C(=O)NC(C)CN2CCCC(C)C2)ccc1OCc1cccnc1. The number of carbonyl (C=O) groups excluding carboxylic acids is 1. The van der Waals surface area contributed by atoms with E-state index in [1.807, 2.05) is 19.1 Å². The molecule has 1 amide bonds. The third kappa shape index (κ3) is 6.46. The van der Waals surface area contributed by atoms with E-state index in [4.69, 9.17) is 9.47 Å². The highest BCUT2D eigenvalue weighted by atomic mass is 16.5. The van der Waals surface area contributed by atoms with Crippen molar-refractivity contribution in [2.24, 2.45) is 5.92 Å². The van der Waals surface area contributed by atoms with Gasteiger partial charge >= 0.3 is 0 Å². The standard InChI is InChI=1S/C24H33N3O3/c1-4-29-23-13-21(9-10-22(23)30-17-20-8-5-11-25-14-20)24(28)26-19(3)16-27-12-6-7-18(2)15-27/h5,8-11,13-14,18-19H,4,6-7,12,15-17H2,1-3H3,(H,26,28). The summed E-state index contributed by atoms with van der Waals surface area (Å²) in [5.74, 6) is 1.83. The monoisotopic (exact) mass is 411 g/mol. The Hall–Kier alpha value is -2.60. The molecule has 2 aromatic rings. The molecule has 1 aliphatic heterocycles. The van der Waals surface area contributed by atoms with Crippen LogP contribution in [0.5, 0.6) is 11.5 Å². The maximum Gasteiger partial charge on any atom is 0.251 e. The number of hydrogen-bond acceptors (Lipinski definition) is 5. The molecule has 1 aromatic heterocycles. The van der Waals surface area contributed by atoms with Gasteiger partial charge in [-0.15, -0.1) is 0 Å². The molecule has 0 spiro atoms. The van der Waals surface area contributed by atoms with Gasteiger partial charge in [0.1, 0.15) is 6.61 Å². The summed E-state index contributed by atoms with van der Waals surface area (Å²) < 4.78 is 11.6. The Morgan fingerprint density at radius 3 is 2.90 bits per heavy atom. The Kier molecular flexibility index (Phi) is 8.08. The molecule has 6 nitrogen and oxygen atoms in total. The number of ether oxygens (including phenoxy) is 2. The zero-order chi connectivity index (χ0) is 21.3. The highest BCUT2D eigenvalue weighted by Gasteiger charge is 2.20. The quantitative estimate of drug-likeness (QED) is 0.678. The minimum atomic E-state index is -0.0904. The first kappa shape index (κ1) is 22.1. The van der Waals surface area contributed by atoms with Gasteiger partial charge in [0.25, 0.3) is 5.91 Å². The molecule has 0 saturated carbocycles. The molecule has 3 rings (SSSR count). The molecule has 1 fully saturated rings. The lowest BCUT2D eigenvalue weighted by atomic mass is 10.00. The van der Waals surface area contributed by atoms with Gasteiger partial charge in [0.05, 0.1) is 6.61 Å². The van der Waals surface area contributed by atoms with Gasteiger partial charge in [-0.05, 0) is 63.4 Å². The number of piperidine rings is 1. The maximum atomic E-state index is 12.8. The number of hydrogen-bond donors (Lipinski definition) is 1. The van der Waals surface area contributed by atoms with Crippen molar-refractivity contribution in [2.45, 2.75) is 46.3 Å². The van der Waals surface area contributed by atoms with Gasteiger partial charge in [0.15, 0.2) is 11.5 Å². The minimum Gasteiger partial charge on any atom is -0.490 e. The normalized spacial score (nSPS) is 17.9.